The highest BCUT2D eigenvalue weighted by atomic mass is 19.1. The van der Waals surface area contributed by atoms with Gasteiger partial charge in [0.2, 0.25) is 0 Å². The summed E-state index contributed by atoms with van der Waals surface area (Å²) in [6, 6.07) is 27.6. The lowest BCUT2D eigenvalue weighted by Crippen LogP contribution is -2.32. The number of hydrazone groups is 1. The lowest BCUT2D eigenvalue weighted by atomic mass is 10.1. The molecule has 206 valence electrons. The van der Waals surface area contributed by atoms with Crippen LogP contribution >= 0.6 is 0 Å². The van der Waals surface area contributed by atoms with Gasteiger partial charge in [-0.05, 0) is 71.8 Å². The van der Waals surface area contributed by atoms with Crippen LogP contribution in [-0.2, 0) is 4.79 Å². The van der Waals surface area contributed by atoms with E-state index >= 15 is 0 Å². The highest BCUT2D eigenvalue weighted by molar-refractivity contribution is 6.05. The number of ether oxygens (including phenoxy) is 1. The highest BCUT2D eigenvalue weighted by Gasteiger charge is 2.15. The predicted molar refractivity (Wildman–Crippen MR) is 156 cm³/mol. The number of anilines is 1. The molecule has 0 aliphatic rings. The number of benzene rings is 4. The van der Waals surface area contributed by atoms with Crippen molar-refractivity contribution in [1.29, 1.82) is 0 Å². The van der Waals surface area contributed by atoms with Crippen molar-refractivity contribution in [2.24, 2.45) is 5.10 Å². The van der Waals surface area contributed by atoms with E-state index in [1.807, 2.05) is 43.3 Å². The smallest absolute Gasteiger partial charge is 0.343 e. The van der Waals surface area contributed by atoms with Gasteiger partial charge in [-0.1, -0.05) is 48.5 Å². The van der Waals surface area contributed by atoms with Crippen LogP contribution in [-0.4, -0.2) is 38.1 Å². The first-order chi connectivity index (χ1) is 19.8. The largest absolute Gasteiger partial charge is 0.423 e. The van der Waals surface area contributed by atoms with Crippen molar-refractivity contribution in [2.45, 2.75) is 0 Å². The first kappa shape index (κ1) is 28.4. The van der Waals surface area contributed by atoms with Crippen molar-refractivity contribution in [1.82, 2.24) is 10.7 Å². The molecule has 0 fully saturated rings. The molecule has 41 heavy (non-hydrogen) atoms. The number of carbonyl (C=O) groups is 3. The Kier molecular flexibility index (Phi) is 9.35. The summed E-state index contributed by atoms with van der Waals surface area (Å²) in [5, 5.41) is 6.66. The molecule has 0 atom stereocenters. The van der Waals surface area contributed by atoms with E-state index in [-0.39, 0.29) is 17.0 Å². The third-order valence-corrected chi connectivity index (χ3v) is 5.76. The van der Waals surface area contributed by atoms with Gasteiger partial charge in [0.25, 0.3) is 11.8 Å². The van der Waals surface area contributed by atoms with Crippen LogP contribution in [0.15, 0.2) is 114 Å². The second-order valence-corrected chi connectivity index (χ2v) is 9.04. The molecule has 0 unspecified atom stereocenters. The van der Waals surface area contributed by atoms with E-state index in [1.54, 1.807) is 54.6 Å². The summed E-state index contributed by atoms with van der Waals surface area (Å²) in [7, 11) is 3.85. The molecule has 4 aromatic carbocycles. The Labute approximate surface area is 236 Å². The van der Waals surface area contributed by atoms with Gasteiger partial charge in [-0.25, -0.2) is 14.6 Å². The molecule has 0 heterocycles. The van der Waals surface area contributed by atoms with Crippen molar-refractivity contribution in [3.05, 3.63) is 137 Å². The van der Waals surface area contributed by atoms with Crippen molar-refractivity contribution in [3.8, 4) is 5.75 Å². The quantitative estimate of drug-likeness (QED) is 0.100. The second kappa shape index (κ2) is 13.5. The van der Waals surface area contributed by atoms with E-state index < -0.39 is 23.6 Å². The molecule has 4 rings (SSSR count). The molecular formula is C32H27FN4O4. The van der Waals surface area contributed by atoms with Crippen LogP contribution in [0.4, 0.5) is 10.1 Å². The zero-order valence-corrected chi connectivity index (χ0v) is 22.4. The van der Waals surface area contributed by atoms with Crippen LogP contribution in [0.25, 0.3) is 6.08 Å². The molecule has 0 aromatic heterocycles. The van der Waals surface area contributed by atoms with Crippen LogP contribution in [0.5, 0.6) is 5.75 Å². The number of esters is 1. The maximum Gasteiger partial charge on any atom is 0.343 e. The third kappa shape index (κ3) is 8.21. The number of nitrogens with zero attached hydrogens (tertiary/aromatic N) is 2. The molecule has 4 aromatic rings. The lowest BCUT2D eigenvalue weighted by Gasteiger charge is -2.12. The topological polar surface area (TPSA) is 100 Å². The molecule has 0 bridgehead atoms. The number of nitrogens with one attached hydrogen (secondary N) is 2. The molecule has 0 aliphatic carbocycles. The van der Waals surface area contributed by atoms with Crippen molar-refractivity contribution in [3.63, 3.8) is 0 Å². The molecule has 9 heteroatoms. The minimum Gasteiger partial charge on any atom is -0.423 e. The number of amides is 2. The van der Waals surface area contributed by atoms with Gasteiger partial charge in [-0.15, -0.1) is 0 Å². The van der Waals surface area contributed by atoms with Gasteiger partial charge in [0.05, 0.1) is 11.8 Å². The number of hydrogen-bond donors (Lipinski definition) is 2. The number of rotatable bonds is 9. The number of carbonyl (C=O) groups excluding carboxylic acids is 3. The minimum atomic E-state index is -0.713. The molecule has 8 nitrogen and oxygen atoms in total. The predicted octanol–water partition coefficient (Wildman–Crippen LogP) is 5.03. The van der Waals surface area contributed by atoms with Gasteiger partial charge in [0.1, 0.15) is 17.3 Å². The molecule has 0 saturated carbocycles. The fraction of sp³-hybridized carbons (Fsp3) is 0.0625. The van der Waals surface area contributed by atoms with E-state index in [2.05, 4.69) is 15.8 Å². The first-order valence-electron chi connectivity index (χ1n) is 12.6. The number of halogens is 1. The molecule has 0 aliphatic heterocycles. The van der Waals surface area contributed by atoms with Gasteiger partial charge in [0.15, 0.2) is 0 Å². The Morgan fingerprint density at radius 1 is 0.805 bits per heavy atom. The Morgan fingerprint density at radius 2 is 1.51 bits per heavy atom. The third-order valence-electron chi connectivity index (χ3n) is 5.76. The van der Waals surface area contributed by atoms with E-state index in [4.69, 9.17) is 4.74 Å². The van der Waals surface area contributed by atoms with E-state index in [0.717, 1.165) is 11.8 Å². The minimum absolute atomic E-state index is 0.00798. The number of hydrogen-bond acceptors (Lipinski definition) is 6. The maximum absolute atomic E-state index is 13.4. The van der Waals surface area contributed by atoms with Crippen molar-refractivity contribution < 1.29 is 23.5 Å². The van der Waals surface area contributed by atoms with Gasteiger partial charge in [0, 0.05) is 25.3 Å². The summed E-state index contributed by atoms with van der Waals surface area (Å²) < 4.78 is 18.7. The first-order valence-corrected chi connectivity index (χ1v) is 12.6. The Bertz CT molecular complexity index is 1600. The summed E-state index contributed by atoms with van der Waals surface area (Å²) >= 11 is 0. The fourth-order valence-corrected chi connectivity index (χ4v) is 3.64. The van der Waals surface area contributed by atoms with E-state index in [9.17, 15) is 18.8 Å². The molecule has 0 saturated heterocycles. The lowest BCUT2D eigenvalue weighted by molar-refractivity contribution is -0.117. The zero-order chi connectivity index (χ0) is 29.2. The highest BCUT2D eigenvalue weighted by Crippen LogP contribution is 2.16. The summed E-state index contributed by atoms with van der Waals surface area (Å²) in [6.45, 7) is 0. The van der Waals surface area contributed by atoms with Gasteiger partial charge < -0.3 is 15.0 Å². The van der Waals surface area contributed by atoms with E-state index in [1.165, 1.54) is 30.5 Å². The maximum atomic E-state index is 13.4. The zero-order valence-electron chi connectivity index (χ0n) is 22.4. The van der Waals surface area contributed by atoms with Crippen LogP contribution in [0.3, 0.4) is 0 Å². The van der Waals surface area contributed by atoms with Crippen LogP contribution in [0.1, 0.15) is 31.8 Å². The summed E-state index contributed by atoms with van der Waals surface area (Å²) in [5.74, 6) is -2.14. The van der Waals surface area contributed by atoms with Gasteiger partial charge in [-0.3, -0.25) is 9.59 Å². The van der Waals surface area contributed by atoms with Gasteiger partial charge >= 0.3 is 5.97 Å². The Balaban J connectivity index is 1.48. The van der Waals surface area contributed by atoms with Crippen LogP contribution in [0.2, 0.25) is 0 Å². The molecule has 0 spiro atoms. The fourth-order valence-electron chi connectivity index (χ4n) is 3.64. The van der Waals surface area contributed by atoms with Crippen LogP contribution < -0.4 is 20.4 Å². The SMILES string of the molecule is CN(C)c1ccc(/C=C(\NC(=O)c2ccccc2)C(=O)N/N=C\c2cccc(OC(=O)c3cccc(F)c3)c2)cc1. The average Bonchev–Trinajstić information content (AvgIpc) is 2.97. The summed E-state index contributed by atoms with van der Waals surface area (Å²) in [6.07, 6.45) is 2.91. The summed E-state index contributed by atoms with van der Waals surface area (Å²) in [4.78, 5) is 40.1. The van der Waals surface area contributed by atoms with Crippen molar-refractivity contribution in [2.75, 3.05) is 19.0 Å². The average molecular weight is 551 g/mol. The standard InChI is InChI=1S/C32H27FN4O4/c1-37(2)27-16-14-22(15-17-27)19-29(35-30(38)24-9-4-3-5-10-24)31(39)36-34-21-23-8-6-13-28(18-23)41-32(40)25-11-7-12-26(33)20-25/h3-21H,1-2H3,(H,35,38)(H,36,39)/b29-19-,34-21-. The monoisotopic (exact) mass is 550 g/mol. The molecular weight excluding hydrogens is 523 g/mol. The normalized spacial score (nSPS) is 11.1. The van der Waals surface area contributed by atoms with Crippen LogP contribution in [0, 0.1) is 5.82 Å². The molecule has 0 radical (unpaired) electrons. The van der Waals surface area contributed by atoms with Gasteiger partial charge in [-0.2, -0.15) is 5.10 Å². The molecule has 2 N–H and O–H groups in total. The van der Waals surface area contributed by atoms with E-state index in [0.29, 0.717) is 16.7 Å². The Morgan fingerprint density at radius 3 is 2.22 bits per heavy atom. The Hall–Kier alpha value is -5.57. The van der Waals surface area contributed by atoms with Crippen molar-refractivity contribution >= 4 is 35.8 Å². The summed E-state index contributed by atoms with van der Waals surface area (Å²) in [5.41, 5.74) is 5.08. The molecule has 2 amide bonds. The second-order valence-electron chi connectivity index (χ2n) is 9.04.